The molecule has 2 heterocycles. The van der Waals surface area contributed by atoms with Crippen molar-refractivity contribution in [3.63, 3.8) is 0 Å². The Kier molecular flexibility index (Phi) is 4.69. The minimum absolute atomic E-state index is 0.179. The van der Waals surface area contributed by atoms with E-state index in [1.54, 1.807) is 84.9 Å². The van der Waals surface area contributed by atoms with Gasteiger partial charge in [-0.15, -0.1) is 0 Å². The van der Waals surface area contributed by atoms with Gasteiger partial charge in [-0.2, -0.15) is 0 Å². The van der Waals surface area contributed by atoms with Gasteiger partial charge in [0.25, 0.3) is 23.6 Å². The fraction of sp³-hybridized carbons (Fsp3) is 0. The Morgan fingerprint density at radius 1 is 0.528 bits per heavy atom. The lowest BCUT2D eigenvalue weighted by atomic mass is 10.1. The Morgan fingerprint density at radius 2 is 1.03 bits per heavy atom. The summed E-state index contributed by atoms with van der Waals surface area (Å²) in [7, 11) is 0. The number of carbonyl (C=O) groups is 4. The van der Waals surface area contributed by atoms with Gasteiger partial charge in [0.2, 0.25) is 0 Å². The van der Waals surface area contributed by atoms with Crippen molar-refractivity contribution in [3.05, 3.63) is 113 Å². The second-order valence-electron chi connectivity index (χ2n) is 8.30. The van der Waals surface area contributed by atoms with Crippen molar-refractivity contribution in [2.45, 2.75) is 0 Å². The number of anilines is 3. The number of fused-ring (bicyclic) bond motifs is 2. The van der Waals surface area contributed by atoms with Gasteiger partial charge in [-0.1, -0.05) is 30.3 Å². The number of ether oxygens (including phenoxy) is 1. The van der Waals surface area contributed by atoms with Crippen LogP contribution < -0.4 is 20.3 Å². The third-order valence-electron chi connectivity index (χ3n) is 6.14. The third-order valence-corrected chi connectivity index (χ3v) is 6.14. The molecule has 6 rings (SSSR count). The summed E-state index contributed by atoms with van der Waals surface area (Å²) in [6.07, 6.45) is 0. The Morgan fingerprint density at radius 3 is 1.56 bits per heavy atom. The number of hydrogen-bond donors (Lipinski definition) is 1. The van der Waals surface area contributed by atoms with E-state index < -0.39 is 23.6 Å². The molecule has 4 amide bonds. The molecule has 0 unspecified atom stereocenters. The minimum atomic E-state index is -0.440. The van der Waals surface area contributed by atoms with Gasteiger partial charge in [0.1, 0.15) is 11.5 Å². The minimum Gasteiger partial charge on any atom is -0.457 e. The Hall–Kier alpha value is -5.24. The summed E-state index contributed by atoms with van der Waals surface area (Å²) < 4.78 is 5.92. The van der Waals surface area contributed by atoms with E-state index in [-0.39, 0.29) is 11.4 Å². The molecule has 8 nitrogen and oxygen atoms in total. The molecule has 174 valence electrons. The fourth-order valence-electron chi connectivity index (χ4n) is 4.45. The molecule has 0 saturated carbocycles. The predicted octanol–water partition coefficient (Wildman–Crippen LogP) is 4.66. The number of imide groups is 2. The average molecular weight is 475 g/mol. The molecular formula is C28H17N3O5. The van der Waals surface area contributed by atoms with Gasteiger partial charge < -0.3 is 10.5 Å². The van der Waals surface area contributed by atoms with Crippen molar-refractivity contribution in [2.24, 2.45) is 0 Å². The molecule has 0 spiro atoms. The first-order valence-electron chi connectivity index (χ1n) is 11.1. The molecule has 0 aliphatic carbocycles. The van der Waals surface area contributed by atoms with Gasteiger partial charge in [0, 0.05) is 12.1 Å². The highest BCUT2D eigenvalue weighted by atomic mass is 16.5. The highest BCUT2D eigenvalue weighted by Crippen LogP contribution is 2.36. The molecular weight excluding hydrogens is 458 g/mol. The SMILES string of the molecule is Nc1cc(Oc2cccc(N3C(=O)c4ccccc4C3=O)c2)ccc1N1C(=O)c2ccccc2C1=O. The number of nitrogen functional groups attached to an aromatic ring is 1. The molecule has 4 aromatic carbocycles. The zero-order valence-electron chi connectivity index (χ0n) is 18.7. The van der Waals surface area contributed by atoms with Crippen LogP contribution in [-0.2, 0) is 0 Å². The standard InChI is InChI=1S/C28H17N3O5/c29-23-15-18(12-13-24(23)31-27(34)21-10-3-4-11-22(21)28(31)35)36-17-7-5-6-16(14-17)30-25(32)19-8-1-2-9-20(19)26(30)33/h1-15H,29H2. The van der Waals surface area contributed by atoms with Crippen LogP contribution in [0.15, 0.2) is 91.0 Å². The van der Waals surface area contributed by atoms with Gasteiger partial charge >= 0.3 is 0 Å². The van der Waals surface area contributed by atoms with E-state index in [4.69, 9.17) is 10.5 Å². The lowest BCUT2D eigenvalue weighted by molar-refractivity contribution is 0.0910. The molecule has 0 atom stereocenters. The number of amides is 4. The van der Waals surface area contributed by atoms with Crippen molar-refractivity contribution < 1.29 is 23.9 Å². The smallest absolute Gasteiger partial charge is 0.266 e. The summed E-state index contributed by atoms with van der Waals surface area (Å²) in [5.74, 6) is -0.955. The van der Waals surface area contributed by atoms with Crippen LogP contribution in [0.5, 0.6) is 11.5 Å². The fourth-order valence-corrected chi connectivity index (χ4v) is 4.45. The topological polar surface area (TPSA) is 110 Å². The lowest BCUT2D eigenvalue weighted by Crippen LogP contribution is -2.30. The molecule has 2 N–H and O–H groups in total. The van der Waals surface area contributed by atoms with Crippen LogP contribution in [0, 0.1) is 0 Å². The summed E-state index contributed by atoms with van der Waals surface area (Å²) in [4.78, 5) is 53.4. The van der Waals surface area contributed by atoms with E-state index in [0.29, 0.717) is 39.4 Å². The van der Waals surface area contributed by atoms with Crippen LogP contribution in [0.25, 0.3) is 0 Å². The maximum atomic E-state index is 12.8. The van der Waals surface area contributed by atoms with Crippen molar-refractivity contribution >= 4 is 40.7 Å². The summed E-state index contributed by atoms with van der Waals surface area (Å²) in [5.41, 5.74) is 8.37. The average Bonchev–Trinajstić information content (AvgIpc) is 3.29. The van der Waals surface area contributed by atoms with Gasteiger partial charge in [-0.3, -0.25) is 19.2 Å². The first-order chi connectivity index (χ1) is 17.4. The molecule has 2 aliphatic heterocycles. The van der Waals surface area contributed by atoms with Crippen LogP contribution in [0.2, 0.25) is 0 Å². The molecule has 4 aromatic rings. The Bertz CT molecular complexity index is 1560. The number of hydrogen-bond acceptors (Lipinski definition) is 6. The van der Waals surface area contributed by atoms with E-state index in [0.717, 1.165) is 9.80 Å². The van der Waals surface area contributed by atoms with Gasteiger partial charge in [0.05, 0.1) is 39.3 Å². The Labute approximate surface area is 205 Å². The van der Waals surface area contributed by atoms with Crippen molar-refractivity contribution in [3.8, 4) is 11.5 Å². The highest BCUT2D eigenvalue weighted by Gasteiger charge is 2.38. The van der Waals surface area contributed by atoms with Crippen molar-refractivity contribution in [2.75, 3.05) is 15.5 Å². The lowest BCUT2D eigenvalue weighted by Gasteiger charge is -2.18. The molecule has 0 fully saturated rings. The molecule has 0 bridgehead atoms. The van der Waals surface area contributed by atoms with E-state index >= 15 is 0 Å². The van der Waals surface area contributed by atoms with Crippen molar-refractivity contribution in [1.82, 2.24) is 0 Å². The van der Waals surface area contributed by atoms with Gasteiger partial charge in [-0.25, -0.2) is 9.80 Å². The quantitative estimate of drug-likeness (QED) is 0.340. The molecule has 0 aromatic heterocycles. The monoisotopic (exact) mass is 475 g/mol. The van der Waals surface area contributed by atoms with Crippen molar-refractivity contribution in [1.29, 1.82) is 0 Å². The predicted molar refractivity (Wildman–Crippen MR) is 133 cm³/mol. The number of nitrogens with zero attached hydrogens (tertiary/aromatic N) is 2. The van der Waals surface area contributed by atoms with E-state index in [2.05, 4.69) is 0 Å². The maximum absolute atomic E-state index is 12.8. The molecule has 2 aliphatic rings. The van der Waals surface area contributed by atoms with Crippen LogP contribution in [0.3, 0.4) is 0 Å². The first-order valence-corrected chi connectivity index (χ1v) is 11.1. The Balaban J connectivity index is 1.26. The second-order valence-corrected chi connectivity index (χ2v) is 8.30. The summed E-state index contributed by atoms with van der Waals surface area (Å²) in [6.45, 7) is 0. The van der Waals surface area contributed by atoms with Gasteiger partial charge in [-0.05, 0) is 48.5 Å². The van der Waals surface area contributed by atoms with Gasteiger partial charge in [0.15, 0.2) is 0 Å². The van der Waals surface area contributed by atoms with Crippen LogP contribution >= 0.6 is 0 Å². The third kappa shape index (κ3) is 3.16. The van der Waals surface area contributed by atoms with Crippen LogP contribution in [0.4, 0.5) is 17.1 Å². The zero-order chi connectivity index (χ0) is 25.0. The number of nitrogens with two attached hydrogens (primary N) is 1. The number of benzene rings is 4. The first kappa shape index (κ1) is 21.3. The summed E-state index contributed by atoms with van der Waals surface area (Å²) in [5, 5.41) is 0. The molecule has 36 heavy (non-hydrogen) atoms. The van der Waals surface area contributed by atoms with E-state index in [9.17, 15) is 19.2 Å². The largest absolute Gasteiger partial charge is 0.457 e. The summed E-state index contributed by atoms with van der Waals surface area (Å²) >= 11 is 0. The van der Waals surface area contributed by atoms with Crippen LogP contribution in [-0.4, -0.2) is 23.6 Å². The highest BCUT2D eigenvalue weighted by molar-refractivity contribution is 6.35. The normalized spacial score (nSPS) is 14.3. The van der Waals surface area contributed by atoms with E-state index in [1.165, 1.54) is 6.07 Å². The van der Waals surface area contributed by atoms with E-state index in [1.807, 2.05) is 0 Å². The number of carbonyl (C=O) groups excluding carboxylic acids is 4. The molecule has 0 saturated heterocycles. The zero-order valence-corrected chi connectivity index (χ0v) is 18.7. The summed E-state index contributed by atoms with van der Waals surface area (Å²) in [6, 6.07) is 24.5. The molecule has 0 radical (unpaired) electrons. The second kappa shape index (κ2) is 7.92. The maximum Gasteiger partial charge on any atom is 0.266 e. The van der Waals surface area contributed by atoms with Crippen LogP contribution in [0.1, 0.15) is 41.4 Å². The molecule has 8 heteroatoms. The number of rotatable bonds is 4.